The van der Waals surface area contributed by atoms with Crippen molar-refractivity contribution in [1.29, 1.82) is 0 Å². The van der Waals surface area contributed by atoms with Crippen LogP contribution in [0.15, 0.2) is 18.2 Å². The van der Waals surface area contributed by atoms with E-state index >= 15 is 0 Å². The zero-order chi connectivity index (χ0) is 14.7. The van der Waals surface area contributed by atoms with Crippen LogP contribution in [-0.2, 0) is 6.54 Å². The zero-order valence-corrected chi connectivity index (χ0v) is 11.9. The second kappa shape index (κ2) is 5.95. The van der Waals surface area contributed by atoms with E-state index in [2.05, 4.69) is 17.2 Å². The van der Waals surface area contributed by atoms with Crippen molar-refractivity contribution in [2.75, 3.05) is 6.79 Å². The standard InChI is InChI=1S/C15H17N3O3/c1-2-3-4-7-18-15(12(9-19)16-17-18)11-5-6-13-14(8-11)21-10-20-13/h5-6,8-9H,2-4,7,10H2,1H3. The maximum atomic E-state index is 11.2. The van der Waals surface area contributed by atoms with Gasteiger partial charge in [-0.05, 0) is 24.6 Å². The number of carbonyl (C=O) groups excluding carboxylic acids is 1. The predicted octanol–water partition coefficient (Wildman–Crippen LogP) is 2.68. The van der Waals surface area contributed by atoms with Crippen molar-refractivity contribution in [2.24, 2.45) is 0 Å². The SMILES string of the molecule is CCCCCn1nnc(C=O)c1-c1ccc2c(c1)OCO2. The number of hydrogen-bond donors (Lipinski definition) is 0. The fourth-order valence-electron chi connectivity index (χ4n) is 2.41. The van der Waals surface area contributed by atoms with Crippen LogP contribution >= 0.6 is 0 Å². The molecule has 1 aliphatic rings. The highest BCUT2D eigenvalue weighted by Gasteiger charge is 2.19. The number of nitrogens with zero attached hydrogens (tertiary/aromatic N) is 3. The summed E-state index contributed by atoms with van der Waals surface area (Å²) < 4.78 is 12.5. The number of fused-ring (bicyclic) bond motifs is 1. The Labute approximate surface area is 122 Å². The molecule has 2 heterocycles. The highest BCUT2D eigenvalue weighted by atomic mass is 16.7. The number of aromatic nitrogens is 3. The number of unbranched alkanes of at least 4 members (excludes halogenated alkanes) is 2. The molecule has 3 rings (SSSR count). The maximum Gasteiger partial charge on any atom is 0.231 e. The first-order valence-electron chi connectivity index (χ1n) is 7.12. The first-order valence-corrected chi connectivity index (χ1v) is 7.12. The number of aldehydes is 1. The molecule has 1 aliphatic heterocycles. The van der Waals surface area contributed by atoms with Gasteiger partial charge in [-0.2, -0.15) is 0 Å². The lowest BCUT2D eigenvalue weighted by molar-refractivity contribution is 0.111. The summed E-state index contributed by atoms with van der Waals surface area (Å²) in [6.45, 7) is 3.13. The Hall–Kier alpha value is -2.37. The van der Waals surface area contributed by atoms with Crippen molar-refractivity contribution in [1.82, 2.24) is 15.0 Å². The Morgan fingerprint density at radius 2 is 2.14 bits per heavy atom. The molecule has 0 aliphatic carbocycles. The molecule has 0 saturated carbocycles. The minimum absolute atomic E-state index is 0.230. The van der Waals surface area contributed by atoms with Crippen LogP contribution in [0.1, 0.15) is 36.7 Å². The lowest BCUT2D eigenvalue weighted by Crippen LogP contribution is -2.03. The van der Waals surface area contributed by atoms with Gasteiger partial charge in [-0.25, -0.2) is 4.68 Å². The first kappa shape index (κ1) is 13.6. The van der Waals surface area contributed by atoms with Gasteiger partial charge >= 0.3 is 0 Å². The highest BCUT2D eigenvalue weighted by Crippen LogP contribution is 2.36. The van der Waals surface area contributed by atoms with Gasteiger partial charge in [0.1, 0.15) is 0 Å². The molecule has 0 radical (unpaired) electrons. The molecule has 0 unspecified atom stereocenters. The van der Waals surface area contributed by atoms with Gasteiger partial charge in [0.15, 0.2) is 23.5 Å². The molecule has 21 heavy (non-hydrogen) atoms. The average molecular weight is 287 g/mol. The van der Waals surface area contributed by atoms with Gasteiger partial charge in [-0.1, -0.05) is 25.0 Å². The first-order chi connectivity index (χ1) is 10.3. The summed E-state index contributed by atoms with van der Waals surface area (Å²) in [6.07, 6.45) is 4.00. The zero-order valence-electron chi connectivity index (χ0n) is 11.9. The van der Waals surface area contributed by atoms with Crippen molar-refractivity contribution < 1.29 is 14.3 Å². The molecular weight excluding hydrogens is 270 g/mol. The Bertz CT molecular complexity index is 652. The van der Waals surface area contributed by atoms with Gasteiger partial charge in [-0.3, -0.25) is 4.79 Å². The Kier molecular flexibility index (Phi) is 3.85. The fraction of sp³-hybridized carbons (Fsp3) is 0.400. The Balaban J connectivity index is 1.95. The third kappa shape index (κ3) is 2.61. The predicted molar refractivity (Wildman–Crippen MR) is 76.5 cm³/mol. The quantitative estimate of drug-likeness (QED) is 0.603. The van der Waals surface area contributed by atoms with E-state index in [0.717, 1.165) is 49.1 Å². The largest absolute Gasteiger partial charge is 0.454 e. The smallest absolute Gasteiger partial charge is 0.231 e. The van der Waals surface area contributed by atoms with Crippen molar-refractivity contribution in [2.45, 2.75) is 32.7 Å². The van der Waals surface area contributed by atoms with Gasteiger partial charge in [-0.15, -0.1) is 5.10 Å². The molecule has 1 aromatic heterocycles. The van der Waals surface area contributed by atoms with E-state index in [1.165, 1.54) is 0 Å². The van der Waals surface area contributed by atoms with Crippen molar-refractivity contribution in [3.05, 3.63) is 23.9 Å². The van der Waals surface area contributed by atoms with Crippen LogP contribution in [0.4, 0.5) is 0 Å². The van der Waals surface area contributed by atoms with Crippen LogP contribution in [-0.4, -0.2) is 28.1 Å². The van der Waals surface area contributed by atoms with Crippen molar-refractivity contribution in [3.63, 3.8) is 0 Å². The van der Waals surface area contributed by atoms with Crippen LogP contribution < -0.4 is 9.47 Å². The average Bonchev–Trinajstić information content (AvgIpc) is 3.12. The molecule has 0 saturated heterocycles. The normalized spacial score (nSPS) is 12.6. The second-order valence-corrected chi connectivity index (χ2v) is 4.94. The lowest BCUT2D eigenvalue weighted by Gasteiger charge is -2.07. The van der Waals surface area contributed by atoms with E-state index in [4.69, 9.17) is 9.47 Å². The molecule has 2 aromatic rings. The van der Waals surface area contributed by atoms with Gasteiger partial charge < -0.3 is 9.47 Å². The fourth-order valence-corrected chi connectivity index (χ4v) is 2.41. The lowest BCUT2D eigenvalue weighted by atomic mass is 10.1. The molecule has 110 valence electrons. The van der Waals surface area contributed by atoms with Gasteiger partial charge in [0.25, 0.3) is 0 Å². The van der Waals surface area contributed by atoms with Crippen molar-refractivity contribution >= 4 is 6.29 Å². The number of carbonyl (C=O) groups is 1. The van der Waals surface area contributed by atoms with Crippen LogP contribution in [0.25, 0.3) is 11.3 Å². The molecule has 0 amide bonds. The maximum absolute atomic E-state index is 11.2. The molecular formula is C15H17N3O3. The number of benzene rings is 1. The van der Waals surface area contributed by atoms with Gasteiger partial charge in [0.05, 0.1) is 5.69 Å². The second-order valence-electron chi connectivity index (χ2n) is 4.94. The van der Waals surface area contributed by atoms with E-state index < -0.39 is 0 Å². The Morgan fingerprint density at radius 3 is 2.95 bits per heavy atom. The van der Waals surface area contributed by atoms with E-state index in [9.17, 15) is 4.79 Å². The van der Waals surface area contributed by atoms with Crippen LogP contribution in [0.5, 0.6) is 11.5 Å². The van der Waals surface area contributed by atoms with Crippen molar-refractivity contribution in [3.8, 4) is 22.8 Å². The summed E-state index contributed by atoms with van der Waals surface area (Å²) in [4.78, 5) is 11.2. The highest BCUT2D eigenvalue weighted by molar-refractivity contribution is 5.83. The summed E-state index contributed by atoms with van der Waals surface area (Å²) in [5.74, 6) is 1.40. The van der Waals surface area contributed by atoms with E-state index in [0.29, 0.717) is 11.4 Å². The van der Waals surface area contributed by atoms with Crippen LogP contribution in [0.3, 0.4) is 0 Å². The molecule has 1 aromatic carbocycles. The summed E-state index contributed by atoms with van der Waals surface area (Å²) in [6, 6.07) is 5.61. The number of hydrogen-bond acceptors (Lipinski definition) is 5. The third-order valence-corrected chi connectivity index (χ3v) is 3.49. The van der Waals surface area contributed by atoms with Crippen LogP contribution in [0, 0.1) is 0 Å². The monoisotopic (exact) mass is 287 g/mol. The topological polar surface area (TPSA) is 66.2 Å². The number of ether oxygens (including phenoxy) is 2. The summed E-state index contributed by atoms with van der Waals surface area (Å²) in [5, 5.41) is 8.05. The third-order valence-electron chi connectivity index (χ3n) is 3.49. The van der Waals surface area contributed by atoms with Gasteiger partial charge in [0, 0.05) is 12.1 Å². The molecule has 0 spiro atoms. The van der Waals surface area contributed by atoms with Gasteiger partial charge in [0.2, 0.25) is 6.79 Å². The summed E-state index contributed by atoms with van der Waals surface area (Å²) >= 11 is 0. The molecule has 0 fully saturated rings. The number of rotatable bonds is 6. The van der Waals surface area contributed by atoms with E-state index in [-0.39, 0.29) is 6.79 Å². The minimum atomic E-state index is 0.230. The summed E-state index contributed by atoms with van der Waals surface area (Å²) in [5.41, 5.74) is 1.95. The molecule has 0 N–H and O–H groups in total. The molecule has 0 bridgehead atoms. The Morgan fingerprint density at radius 1 is 1.29 bits per heavy atom. The van der Waals surface area contributed by atoms with E-state index in [1.807, 2.05) is 18.2 Å². The number of aryl methyl sites for hydroxylation is 1. The summed E-state index contributed by atoms with van der Waals surface area (Å²) in [7, 11) is 0. The molecule has 6 nitrogen and oxygen atoms in total. The van der Waals surface area contributed by atoms with E-state index in [1.54, 1.807) is 4.68 Å². The molecule has 6 heteroatoms. The minimum Gasteiger partial charge on any atom is -0.454 e. The molecule has 0 atom stereocenters. The van der Waals surface area contributed by atoms with Crippen LogP contribution in [0.2, 0.25) is 0 Å².